The maximum atomic E-state index is 6.07. The van der Waals surface area contributed by atoms with E-state index in [1.807, 2.05) is 39.0 Å². The number of ether oxygens (including phenoxy) is 1. The van der Waals surface area contributed by atoms with Crippen LogP contribution in [0.25, 0.3) is 0 Å². The summed E-state index contributed by atoms with van der Waals surface area (Å²) in [6, 6.07) is 5.78. The average molecular weight is 243 g/mol. The van der Waals surface area contributed by atoms with Crippen LogP contribution in [0.4, 0.5) is 0 Å². The van der Waals surface area contributed by atoms with E-state index in [9.17, 15) is 0 Å². The van der Waals surface area contributed by atoms with Gasteiger partial charge in [0.1, 0.15) is 0 Å². The van der Waals surface area contributed by atoms with Gasteiger partial charge in [-0.3, -0.25) is 11.3 Å². The number of hydrazine groups is 1. The first-order valence-electron chi connectivity index (χ1n) is 5.39. The standard InChI is InChI=1S/C12H19ClN2O/c1-8(2)16-7-12(15-14)10-5-4-6-11(13)9(10)3/h4-6,8,12,15H,7,14H2,1-3H3. The highest BCUT2D eigenvalue weighted by molar-refractivity contribution is 6.31. The summed E-state index contributed by atoms with van der Waals surface area (Å²) in [5.41, 5.74) is 4.88. The molecule has 0 aliphatic carbocycles. The van der Waals surface area contributed by atoms with Crippen molar-refractivity contribution in [1.82, 2.24) is 5.43 Å². The van der Waals surface area contributed by atoms with Crippen LogP contribution in [-0.2, 0) is 4.74 Å². The Labute approximate surface area is 102 Å². The molecule has 1 aromatic rings. The van der Waals surface area contributed by atoms with Crippen molar-refractivity contribution in [1.29, 1.82) is 0 Å². The van der Waals surface area contributed by atoms with Gasteiger partial charge < -0.3 is 4.74 Å². The molecule has 0 aliphatic heterocycles. The summed E-state index contributed by atoms with van der Waals surface area (Å²) in [5.74, 6) is 5.54. The van der Waals surface area contributed by atoms with Crippen molar-refractivity contribution < 1.29 is 4.74 Å². The molecular weight excluding hydrogens is 224 g/mol. The first-order valence-corrected chi connectivity index (χ1v) is 5.76. The van der Waals surface area contributed by atoms with Gasteiger partial charge in [-0.05, 0) is 38.0 Å². The van der Waals surface area contributed by atoms with E-state index in [2.05, 4.69) is 5.43 Å². The monoisotopic (exact) mass is 242 g/mol. The van der Waals surface area contributed by atoms with Gasteiger partial charge >= 0.3 is 0 Å². The van der Waals surface area contributed by atoms with Crippen molar-refractivity contribution in [2.75, 3.05) is 6.61 Å². The molecule has 0 aromatic heterocycles. The molecule has 0 amide bonds. The molecule has 0 radical (unpaired) electrons. The fourth-order valence-corrected chi connectivity index (χ4v) is 1.70. The molecule has 0 aliphatic rings. The van der Waals surface area contributed by atoms with Gasteiger partial charge in [0, 0.05) is 5.02 Å². The topological polar surface area (TPSA) is 47.3 Å². The van der Waals surface area contributed by atoms with Gasteiger partial charge in [-0.1, -0.05) is 23.7 Å². The molecule has 4 heteroatoms. The number of hydrogen-bond donors (Lipinski definition) is 2. The predicted octanol–water partition coefficient (Wildman–Crippen LogP) is 2.58. The van der Waals surface area contributed by atoms with Gasteiger partial charge in [0.25, 0.3) is 0 Å². The zero-order valence-electron chi connectivity index (χ0n) is 9.96. The van der Waals surface area contributed by atoms with Gasteiger partial charge in [0.2, 0.25) is 0 Å². The van der Waals surface area contributed by atoms with Crippen molar-refractivity contribution in [3.8, 4) is 0 Å². The third kappa shape index (κ3) is 3.46. The maximum absolute atomic E-state index is 6.07. The van der Waals surface area contributed by atoms with Crippen LogP contribution in [0.5, 0.6) is 0 Å². The zero-order chi connectivity index (χ0) is 12.1. The summed E-state index contributed by atoms with van der Waals surface area (Å²) >= 11 is 6.07. The fourth-order valence-electron chi connectivity index (χ4n) is 1.52. The fraction of sp³-hybridized carbons (Fsp3) is 0.500. The number of hydrogen-bond acceptors (Lipinski definition) is 3. The van der Waals surface area contributed by atoms with E-state index < -0.39 is 0 Å². The summed E-state index contributed by atoms with van der Waals surface area (Å²) in [6.07, 6.45) is 0.190. The molecule has 0 saturated heterocycles. The highest BCUT2D eigenvalue weighted by Crippen LogP contribution is 2.24. The van der Waals surface area contributed by atoms with Gasteiger partial charge in [0.05, 0.1) is 18.8 Å². The molecule has 0 saturated carbocycles. The smallest absolute Gasteiger partial charge is 0.0697 e. The molecule has 3 N–H and O–H groups in total. The lowest BCUT2D eigenvalue weighted by Gasteiger charge is -2.20. The number of halogens is 1. The van der Waals surface area contributed by atoms with Crippen LogP contribution in [-0.4, -0.2) is 12.7 Å². The summed E-state index contributed by atoms with van der Waals surface area (Å²) in [6.45, 7) is 6.52. The lowest BCUT2D eigenvalue weighted by Crippen LogP contribution is -2.32. The van der Waals surface area contributed by atoms with Crippen molar-refractivity contribution in [3.63, 3.8) is 0 Å². The van der Waals surface area contributed by atoms with Gasteiger partial charge in [-0.2, -0.15) is 0 Å². The zero-order valence-corrected chi connectivity index (χ0v) is 10.7. The molecule has 1 aromatic carbocycles. The normalized spacial score (nSPS) is 13.1. The first kappa shape index (κ1) is 13.5. The first-order chi connectivity index (χ1) is 7.56. The van der Waals surface area contributed by atoms with Crippen LogP contribution in [0.3, 0.4) is 0 Å². The molecular formula is C12H19ClN2O. The second-order valence-corrected chi connectivity index (χ2v) is 4.46. The van der Waals surface area contributed by atoms with Gasteiger partial charge in [-0.15, -0.1) is 0 Å². The van der Waals surface area contributed by atoms with E-state index in [4.69, 9.17) is 22.2 Å². The van der Waals surface area contributed by atoms with Crippen molar-refractivity contribution in [3.05, 3.63) is 34.3 Å². The Kier molecular flexibility index (Phi) is 5.22. The Bertz CT molecular complexity index is 342. The molecule has 90 valence electrons. The molecule has 1 unspecified atom stereocenters. The third-order valence-corrected chi connectivity index (χ3v) is 2.89. The second-order valence-electron chi connectivity index (χ2n) is 4.06. The highest BCUT2D eigenvalue weighted by atomic mass is 35.5. The summed E-state index contributed by atoms with van der Waals surface area (Å²) in [7, 11) is 0. The molecule has 3 nitrogen and oxygen atoms in total. The van der Waals surface area contributed by atoms with Crippen molar-refractivity contribution in [2.24, 2.45) is 5.84 Å². The van der Waals surface area contributed by atoms with E-state index in [-0.39, 0.29) is 12.1 Å². The van der Waals surface area contributed by atoms with E-state index >= 15 is 0 Å². The molecule has 0 spiro atoms. The number of benzene rings is 1. The molecule has 0 bridgehead atoms. The minimum absolute atomic E-state index is 0.0268. The van der Waals surface area contributed by atoms with Crippen LogP contribution in [0.2, 0.25) is 5.02 Å². The summed E-state index contributed by atoms with van der Waals surface area (Å²) in [4.78, 5) is 0. The lowest BCUT2D eigenvalue weighted by molar-refractivity contribution is 0.0610. The summed E-state index contributed by atoms with van der Waals surface area (Å²) < 4.78 is 5.56. The Morgan fingerprint density at radius 1 is 1.44 bits per heavy atom. The Morgan fingerprint density at radius 2 is 2.12 bits per heavy atom. The largest absolute Gasteiger partial charge is 0.377 e. The SMILES string of the molecule is Cc1c(Cl)cccc1C(COC(C)C)NN. The van der Waals surface area contributed by atoms with E-state index in [0.29, 0.717) is 6.61 Å². The predicted molar refractivity (Wildman–Crippen MR) is 67.3 cm³/mol. The Balaban J connectivity index is 2.82. The number of rotatable bonds is 5. The number of nitrogens with two attached hydrogens (primary N) is 1. The molecule has 1 rings (SSSR count). The molecule has 16 heavy (non-hydrogen) atoms. The van der Waals surface area contributed by atoms with E-state index in [0.717, 1.165) is 16.1 Å². The molecule has 1 atom stereocenters. The average Bonchev–Trinajstić information content (AvgIpc) is 2.24. The minimum Gasteiger partial charge on any atom is -0.377 e. The van der Waals surface area contributed by atoms with E-state index in [1.165, 1.54) is 0 Å². The highest BCUT2D eigenvalue weighted by Gasteiger charge is 2.14. The lowest BCUT2D eigenvalue weighted by atomic mass is 10.0. The van der Waals surface area contributed by atoms with Gasteiger partial charge in [0.15, 0.2) is 0 Å². The van der Waals surface area contributed by atoms with Crippen molar-refractivity contribution >= 4 is 11.6 Å². The van der Waals surface area contributed by atoms with Gasteiger partial charge in [-0.25, -0.2) is 0 Å². The van der Waals surface area contributed by atoms with Crippen LogP contribution in [0.1, 0.15) is 31.0 Å². The summed E-state index contributed by atoms with van der Waals surface area (Å²) in [5, 5.41) is 0.752. The van der Waals surface area contributed by atoms with E-state index in [1.54, 1.807) is 0 Å². The Morgan fingerprint density at radius 3 is 2.69 bits per heavy atom. The van der Waals surface area contributed by atoms with Crippen LogP contribution in [0.15, 0.2) is 18.2 Å². The van der Waals surface area contributed by atoms with Crippen molar-refractivity contribution in [2.45, 2.75) is 32.9 Å². The minimum atomic E-state index is -0.0268. The Hall–Kier alpha value is -0.610. The van der Waals surface area contributed by atoms with Crippen LogP contribution < -0.4 is 11.3 Å². The quantitative estimate of drug-likeness (QED) is 0.616. The molecule has 0 fully saturated rings. The van der Waals surface area contributed by atoms with Crippen LogP contribution in [0, 0.1) is 6.92 Å². The number of nitrogens with one attached hydrogen (secondary N) is 1. The molecule has 0 heterocycles. The maximum Gasteiger partial charge on any atom is 0.0697 e. The van der Waals surface area contributed by atoms with Crippen LogP contribution >= 0.6 is 11.6 Å². The second kappa shape index (κ2) is 6.21. The third-order valence-electron chi connectivity index (χ3n) is 2.48.